The maximum absolute atomic E-state index is 12.6. The summed E-state index contributed by atoms with van der Waals surface area (Å²) < 4.78 is 1.71. The molecule has 3 N–H and O–H groups in total. The quantitative estimate of drug-likeness (QED) is 0.822. The third-order valence-corrected chi connectivity index (χ3v) is 5.06. The Balaban J connectivity index is 2.29. The van der Waals surface area contributed by atoms with Crippen LogP contribution in [0.15, 0.2) is 6.07 Å². The standard InChI is InChI=1S/C19H30N6O/c1-11(2)19(7,10-20)23-17(26)9-16-14(5)24-25(15(16)6)18-21-12(3)8-13(4)22-18/h8,11H,9-10,20H2,1-7H3,(H,23,26). The highest BCUT2D eigenvalue weighted by Crippen LogP contribution is 2.19. The van der Waals surface area contributed by atoms with Gasteiger partial charge >= 0.3 is 0 Å². The van der Waals surface area contributed by atoms with Crippen LogP contribution >= 0.6 is 0 Å². The summed E-state index contributed by atoms with van der Waals surface area (Å²) in [6, 6.07) is 1.92. The Morgan fingerprint density at radius 3 is 2.31 bits per heavy atom. The second-order valence-electron chi connectivity index (χ2n) is 7.51. The van der Waals surface area contributed by atoms with Gasteiger partial charge in [-0.05, 0) is 46.6 Å². The van der Waals surface area contributed by atoms with E-state index in [1.807, 2.05) is 40.7 Å². The number of nitrogens with zero attached hydrogens (tertiary/aromatic N) is 4. The minimum absolute atomic E-state index is 0.0567. The summed E-state index contributed by atoms with van der Waals surface area (Å²) in [5.74, 6) is 0.715. The molecule has 0 aliphatic rings. The summed E-state index contributed by atoms with van der Waals surface area (Å²) in [6.07, 6.45) is 0.255. The van der Waals surface area contributed by atoms with E-state index in [1.165, 1.54) is 0 Å². The largest absolute Gasteiger partial charge is 0.349 e. The highest BCUT2D eigenvalue weighted by molar-refractivity contribution is 5.80. The SMILES string of the molecule is Cc1cc(C)nc(-n2nc(C)c(CC(=O)NC(C)(CN)C(C)C)c2C)n1. The van der Waals surface area contributed by atoms with E-state index in [0.717, 1.165) is 28.3 Å². The second kappa shape index (κ2) is 7.53. The van der Waals surface area contributed by atoms with Gasteiger partial charge in [0.15, 0.2) is 0 Å². The number of hydrogen-bond acceptors (Lipinski definition) is 5. The molecule has 2 rings (SSSR count). The van der Waals surface area contributed by atoms with E-state index >= 15 is 0 Å². The minimum Gasteiger partial charge on any atom is -0.349 e. The lowest BCUT2D eigenvalue weighted by atomic mass is 9.88. The average Bonchev–Trinajstić information content (AvgIpc) is 2.81. The molecule has 0 fully saturated rings. The van der Waals surface area contributed by atoms with E-state index in [2.05, 4.69) is 34.2 Å². The van der Waals surface area contributed by atoms with Crippen molar-refractivity contribution in [2.24, 2.45) is 11.7 Å². The van der Waals surface area contributed by atoms with E-state index in [1.54, 1.807) is 4.68 Å². The summed E-state index contributed by atoms with van der Waals surface area (Å²) in [5, 5.41) is 7.63. The zero-order valence-electron chi connectivity index (χ0n) is 16.8. The van der Waals surface area contributed by atoms with Gasteiger partial charge in [0, 0.05) is 29.2 Å². The normalized spacial score (nSPS) is 13.7. The first kappa shape index (κ1) is 20.0. The van der Waals surface area contributed by atoms with Crippen LogP contribution in [-0.2, 0) is 11.2 Å². The number of rotatable bonds is 6. The Labute approximate surface area is 155 Å². The van der Waals surface area contributed by atoms with Crippen molar-refractivity contribution in [2.75, 3.05) is 6.54 Å². The molecule has 0 bridgehead atoms. The first-order chi connectivity index (χ1) is 12.1. The average molecular weight is 358 g/mol. The van der Waals surface area contributed by atoms with E-state index in [0.29, 0.717) is 12.5 Å². The summed E-state index contributed by atoms with van der Waals surface area (Å²) in [5.41, 5.74) is 9.79. The van der Waals surface area contributed by atoms with Gasteiger partial charge in [0.1, 0.15) is 0 Å². The van der Waals surface area contributed by atoms with E-state index in [9.17, 15) is 4.79 Å². The van der Waals surface area contributed by atoms with Crippen molar-refractivity contribution in [2.45, 2.75) is 60.4 Å². The molecule has 26 heavy (non-hydrogen) atoms. The molecule has 7 nitrogen and oxygen atoms in total. The van der Waals surface area contributed by atoms with Crippen molar-refractivity contribution in [3.63, 3.8) is 0 Å². The van der Waals surface area contributed by atoms with Crippen molar-refractivity contribution in [3.8, 4) is 5.95 Å². The monoisotopic (exact) mass is 358 g/mol. The number of nitrogens with two attached hydrogens (primary N) is 1. The Kier molecular flexibility index (Phi) is 5.81. The van der Waals surface area contributed by atoms with Crippen LogP contribution in [0.2, 0.25) is 0 Å². The van der Waals surface area contributed by atoms with Gasteiger partial charge in [-0.1, -0.05) is 13.8 Å². The second-order valence-corrected chi connectivity index (χ2v) is 7.51. The molecular formula is C19H30N6O. The van der Waals surface area contributed by atoms with Gasteiger partial charge in [-0.2, -0.15) is 5.10 Å². The molecule has 1 amide bonds. The molecule has 0 aromatic carbocycles. The predicted octanol–water partition coefficient (Wildman–Crippen LogP) is 1.93. The van der Waals surface area contributed by atoms with Crippen LogP contribution in [0, 0.1) is 33.6 Å². The maximum atomic E-state index is 12.6. The topological polar surface area (TPSA) is 98.7 Å². The van der Waals surface area contributed by atoms with Crippen LogP contribution in [0.5, 0.6) is 0 Å². The molecular weight excluding hydrogens is 328 g/mol. The number of carbonyl (C=O) groups excluding carboxylic acids is 1. The lowest BCUT2D eigenvalue weighted by Gasteiger charge is -2.33. The molecule has 7 heteroatoms. The van der Waals surface area contributed by atoms with Gasteiger partial charge < -0.3 is 11.1 Å². The molecule has 0 saturated heterocycles. The molecule has 142 valence electrons. The number of hydrogen-bond donors (Lipinski definition) is 2. The molecule has 1 unspecified atom stereocenters. The van der Waals surface area contributed by atoms with Crippen molar-refractivity contribution in [1.82, 2.24) is 25.1 Å². The van der Waals surface area contributed by atoms with Gasteiger partial charge in [0.2, 0.25) is 5.91 Å². The molecule has 0 aliphatic heterocycles. The Morgan fingerprint density at radius 1 is 1.23 bits per heavy atom. The number of aromatic nitrogens is 4. The van der Waals surface area contributed by atoms with E-state index in [4.69, 9.17) is 5.73 Å². The summed E-state index contributed by atoms with van der Waals surface area (Å²) in [6.45, 7) is 14.2. The van der Waals surface area contributed by atoms with Crippen molar-refractivity contribution < 1.29 is 4.79 Å². The molecule has 0 saturated carbocycles. The van der Waals surface area contributed by atoms with Gasteiger partial charge in [-0.25, -0.2) is 14.6 Å². The van der Waals surface area contributed by atoms with Crippen LogP contribution in [0.25, 0.3) is 5.95 Å². The van der Waals surface area contributed by atoms with Crippen molar-refractivity contribution >= 4 is 5.91 Å². The fourth-order valence-electron chi connectivity index (χ4n) is 2.88. The number of carbonyl (C=O) groups is 1. The van der Waals surface area contributed by atoms with Gasteiger partial charge in [0.05, 0.1) is 17.7 Å². The van der Waals surface area contributed by atoms with Gasteiger partial charge in [0.25, 0.3) is 5.95 Å². The molecule has 1 atom stereocenters. The maximum Gasteiger partial charge on any atom is 0.251 e. The smallest absolute Gasteiger partial charge is 0.251 e. The molecule has 2 aromatic rings. The van der Waals surface area contributed by atoms with Crippen LogP contribution in [0.4, 0.5) is 0 Å². The minimum atomic E-state index is -0.425. The molecule has 0 aliphatic carbocycles. The Morgan fingerprint density at radius 2 is 1.81 bits per heavy atom. The lowest BCUT2D eigenvalue weighted by Crippen LogP contribution is -2.55. The fraction of sp³-hybridized carbons (Fsp3) is 0.579. The zero-order valence-corrected chi connectivity index (χ0v) is 16.8. The highest BCUT2D eigenvalue weighted by atomic mass is 16.1. The van der Waals surface area contributed by atoms with E-state index in [-0.39, 0.29) is 18.2 Å². The Bertz CT molecular complexity index is 790. The zero-order chi connectivity index (χ0) is 19.6. The first-order valence-electron chi connectivity index (χ1n) is 8.96. The van der Waals surface area contributed by atoms with Crippen molar-refractivity contribution in [3.05, 3.63) is 34.4 Å². The first-order valence-corrected chi connectivity index (χ1v) is 8.96. The molecule has 2 aromatic heterocycles. The summed E-state index contributed by atoms with van der Waals surface area (Å²) in [7, 11) is 0. The highest BCUT2D eigenvalue weighted by Gasteiger charge is 2.29. The van der Waals surface area contributed by atoms with Crippen LogP contribution < -0.4 is 11.1 Å². The predicted molar refractivity (Wildman–Crippen MR) is 102 cm³/mol. The number of amides is 1. The Hall–Kier alpha value is -2.28. The molecule has 0 spiro atoms. The fourth-order valence-corrected chi connectivity index (χ4v) is 2.88. The van der Waals surface area contributed by atoms with Crippen LogP contribution in [-0.4, -0.2) is 37.7 Å². The van der Waals surface area contributed by atoms with Crippen LogP contribution in [0.3, 0.4) is 0 Å². The van der Waals surface area contributed by atoms with Crippen LogP contribution in [0.1, 0.15) is 49.1 Å². The lowest BCUT2D eigenvalue weighted by molar-refractivity contribution is -0.122. The summed E-state index contributed by atoms with van der Waals surface area (Å²) >= 11 is 0. The third-order valence-electron chi connectivity index (χ3n) is 5.06. The van der Waals surface area contributed by atoms with Crippen molar-refractivity contribution in [1.29, 1.82) is 0 Å². The number of nitrogens with one attached hydrogen (secondary N) is 1. The number of aryl methyl sites for hydroxylation is 3. The molecule has 0 radical (unpaired) electrons. The summed E-state index contributed by atoms with van der Waals surface area (Å²) in [4.78, 5) is 21.5. The van der Waals surface area contributed by atoms with E-state index < -0.39 is 5.54 Å². The van der Waals surface area contributed by atoms with Gasteiger partial charge in [-0.3, -0.25) is 4.79 Å². The third kappa shape index (κ3) is 4.09. The van der Waals surface area contributed by atoms with Gasteiger partial charge in [-0.15, -0.1) is 0 Å². The molecule has 2 heterocycles.